The molecule has 0 aliphatic carbocycles. The van der Waals surface area contributed by atoms with Crippen LogP contribution in [-0.2, 0) is 4.79 Å². The first-order valence-electron chi connectivity index (χ1n) is 9.46. The topological polar surface area (TPSA) is 70.1 Å². The number of carbonyl (C=O) groups is 1. The van der Waals surface area contributed by atoms with Gasteiger partial charge in [0.05, 0.1) is 24.3 Å². The minimum Gasteiger partial charge on any atom is -0.497 e. The van der Waals surface area contributed by atoms with E-state index in [-0.39, 0.29) is 11.7 Å². The van der Waals surface area contributed by atoms with Gasteiger partial charge in [0, 0.05) is 16.8 Å². The van der Waals surface area contributed by atoms with E-state index in [9.17, 15) is 4.79 Å². The van der Waals surface area contributed by atoms with Gasteiger partial charge in [-0.2, -0.15) is 0 Å². The molecule has 4 aromatic rings. The Morgan fingerprint density at radius 1 is 0.933 bits per heavy atom. The van der Waals surface area contributed by atoms with E-state index < -0.39 is 0 Å². The normalized spacial score (nSPS) is 10.7. The molecule has 0 aliphatic heterocycles. The van der Waals surface area contributed by atoms with Gasteiger partial charge in [0.25, 0.3) is 0 Å². The predicted octanol–water partition coefficient (Wildman–Crippen LogP) is 4.79. The molecule has 0 saturated heterocycles. The van der Waals surface area contributed by atoms with Crippen LogP contribution < -0.4 is 10.5 Å². The van der Waals surface area contributed by atoms with Gasteiger partial charge in [-0.25, -0.2) is 4.98 Å². The van der Waals surface area contributed by atoms with E-state index in [0.29, 0.717) is 5.16 Å². The molecule has 150 valence electrons. The number of hydrogen-bond acceptors (Lipinski definition) is 4. The lowest BCUT2D eigenvalue weighted by Crippen LogP contribution is -2.13. The van der Waals surface area contributed by atoms with Crippen molar-refractivity contribution in [3.8, 4) is 34.0 Å². The number of carbonyl (C=O) groups excluding carboxylic acids is 1. The van der Waals surface area contributed by atoms with Crippen molar-refractivity contribution in [3.63, 3.8) is 0 Å². The highest BCUT2D eigenvalue weighted by atomic mass is 32.2. The molecule has 6 heteroatoms. The highest BCUT2D eigenvalue weighted by Crippen LogP contribution is 2.38. The number of nitrogens with zero attached hydrogens (tertiary/aromatic N) is 2. The summed E-state index contributed by atoms with van der Waals surface area (Å²) in [7, 11) is 1.64. The van der Waals surface area contributed by atoms with E-state index in [0.717, 1.165) is 34.0 Å². The zero-order valence-corrected chi connectivity index (χ0v) is 17.3. The van der Waals surface area contributed by atoms with Crippen molar-refractivity contribution >= 4 is 17.7 Å². The van der Waals surface area contributed by atoms with Crippen LogP contribution in [0.25, 0.3) is 28.2 Å². The molecule has 30 heavy (non-hydrogen) atoms. The first-order chi connectivity index (χ1) is 14.7. The highest BCUT2D eigenvalue weighted by molar-refractivity contribution is 7.99. The number of imidazole rings is 1. The Balaban J connectivity index is 1.98. The van der Waals surface area contributed by atoms with E-state index in [4.69, 9.17) is 15.5 Å². The van der Waals surface area contributed by atoms with Crippen LogP contribution in [-0.4, -0.2) is 28.3 Å². The number of amides is 1. The van der Waals surface area contributed by atoms with Gasteiger partial charge in [0.15, 0.2) is 5.16 Å². The second kappa shape index (κ2) is 8.88. The lowest BCUT2D eigenvalue weighted by atomic mass is 10.0. The van der Waals surface area contributed by atoms with Gasteiger partial charge in [0.1, 0.15) is 5.75 Å². The minimum absolute atomic E-state index is 0.148. The van der Waals surface area contributed by atoms with E-state index in [2.05, 4.69) is 16.7 Å². The summed E-state index contributed by atoms with van der Waals surface area (Å²) >= 11 is 1.33. The third kappa shape index (κ3) is 4.09. The standard InChI is InChI=1S/C24H21N3O2S/c1-29-20-14-12-19(13-15-20)27-23(18-10-6-3-7-11-18)22(17-8-4-2-5-9-17)26-24(27)30-16-21(25)28/h2-15H,16H2,1H3,(H2,25,28). The van der Waals surface area contributed by atoms with E-state index >= 15 is 0 Å². The zero-order chi connectivity index (χ0) is 20.9. The van der Waals surface area contributed by atoms with Crippen molar-refractivity contribution in [2.75, 3.05) is 12.9 Å². The van der Waals surface area contributed by atoms with Gasteiger partial charge in [-0.05, 0) is 24.3 Å². The van der Waals surface area contributed by atoms with Gasteiger partial charge in [-0.15, -0.1) is 0 Å². The van der Waals surface area contributed by atoms with Crippen LogP contribution in [0.3, 0.4) is 0 Å². The summed E-state index contributed by atoms with van der Waals surface area (Å²) in [6, 6.07) is 28.0. The lowest BCUT2D eigenvalue weighted by Gasteiger charge is -2.13. The Morgan fingerprint density at radius 2 is 1.53 bits per heavy atom. The second-order valence-corrected chi connectivity index (χ2v) is 7.55. The first-order valence-corrected chi connectivity index (χ1v) is 10.4. The van der Waals surface area contributed by atoms with Crippen molar-refractivity contribution in [2.45, 2.75) is 5.16 Å². The molecule has 0 spiro atoms. The molecule has 0 radical (unpaired) electrons. The van der Waals surface area contributed by atoms with E-state index in [1.807, 2.05) is 72.8 Å². The molecule has 0 unspecified atom stereocenters. The van der Waals surface area contributed by atoms with Crippen molar-refractivity contribution in [2.24, 2.45) is 5.73 Å². The maximum atomic E-state index is 11.5. The van der Waals surface area contributed by atoms with Crippen LogP contribution in [0.2, 0.25) is 0 Å². The molecule has 2 N–H and O–H groups in total. The number of thioether (sulfide) groups is 1. The molecular formula is C24H21N3O2S. The van der Waals surface area contributed by atoms with Crippen LogP contribution in [0.4, 0.5) is 0 Å². The Morgan fingerprint density at radius 3 is 2.10 bits per heavy atom. The molecule has 1 aromatic heterocycles. The number of primary amides is 1. The molecule has 0 fully saturated rings. The number of nitrogens with two attached hydrogens (primary N) is 1. The van der Waals surface area contributed by atoms with Crippen LogP contribution >= 0.6 is 11.8 Å². The monoisotopic (exact) mass is 415 g/mol. The number of hydrogen-bond donors (Lipinski definition) is 1. The average molecular weight is 416 g/mol. The molecule has 3 aromatic carbocycles. The molecular weight excluding hydrogens is 394 g/mol. The Hall–Kier alpha value is -3.51. The lowest BCUT2D eigenvalue weighted by molar-refractivity contribution is -0.115. The number of benzene rings is 3. The Bertz CT molecular complexity index is 1140. The average Bonchev–Trinajstić information content (AvgIpc) is 3.18. The third-order valence-corrected chi connectivity index (χ3v) is 5.58. The van der Waals surface area contributed by atoms with Crippen molar-refractivity contribution in [3.05, 3.63) is 84.9 Å². The van der Waals surface area contributed by atoms with Crippen LogP contribution in [0.5, 0.6) is 5.75 Å². The summed E-state index contributed by atoms with van der Waals surface area (Å²) in [5.74, 6) is 0.539. The fraction of sp³-hybridized carbons (Fsp3) is 0.0833. The minimum atomic E-state index is -0.383. The fourth-order valence-corrected chi connectivity index (χ4v) is 4.02. The van der Waals surface area contributed by atoms with Crippen molar-refractivity contribution in [1.82, 2.24) is 9.55 Å². The van der Waals surface area contributed by atoms with Crippen LogP contribution in [0, 0.1) is 0 Å². The fourth-order valence-electron chi connectivity index (χ4n) is 3.26. The maximum absolute atomic E-state index is 11.5. The molecule has 0 saturated carbocycles. The number of ether oxygens (including phenoxy) is 1. The molecule has 5 nitrogen and oxygen atoms in total. The summed E-state index contributed by atoms with van der Waals surface area (Å²) in [5, 5.41) is 0.705. The van der Waals surface area contributed by atoms with Crippen LogP contribution in [0.1, 0.15) is 0 Å². The van der Waals surface area contributed by atoms with Crippen molar-refractivity contribution in [1.29, 1.82) is 0 Å². The van der Waals surface area contributed by atoms with Gasteiger partial charge < -0.3 is 10.5 Å². The Labute approximate surface area is 179 Å². The smallest absolute Gasteiger partial charge is 0.227 e. The number of rotatable bonds is 7. The molecule has 0 atom stereocenters. The van der Waals surface area contributed by atoms with Gasteiger partial charge in [-0.1, -0.05) is 72.4 Å². The summed E-state index contributed by atoms with van der Waals surface area (Å²) in [5.41, 5.74) is 10.2. The number of methoxy groups -OCH3 is 1. The summed E-state index contributed by atoms with van der Waals surface area (Å²) < 4.78 is 7.39. The Kier molecular flexibility index (Phi) is 5.86. The second-order valence-electron chi connectivity index (χ2n) is 6.61. The summed E-state index contributed by atoms with van der Waals surface area (Å²) in [4.78, 5) is 16.4. The maximum Gasteiger partial charge on any atom is 0.227 e. The van der Waals surface area contributed by atoms with Crippen molar-refractivity contribution < 1.29 is 9.53 Å². The molecule has 0 aliphatic rings. The quantitative estimate of drug-likeness (QED) is 0.441. The molecule has 4 rings (SSSR count). The molecule has 1 amide bonds. The van der Waals surface area contributed by atoms with E-state index in [1.54, 1.807) is 7.11 Å². The molecule has 1 heterocycles. The predicted molar refractivity (Wildman–Crippen MR) is 121 cm³/mol. The van der Waals surface area contributed by atoms with Gasteiger partial charge in [-0.3, -0.25) is 9.36 Å². The van der Waals surface area contributed by atoms with Gasteiger partial charge >= 0.3 is 0 Å². The largest absolute Gasteiger partial charge is 0.497 e. The van der Waals surface area contributed by atoms with E-state index in [1.165, 1.54) is 11.8 Å². The number of aromatic nitrogens is 2. The van der Waals surface area contributed by atoms with Gasteiger partial charge in [0.2, 0.25) is 5.91 Å². The summed E-state index contributed by atoms with van der Waals surface area (Å²) in [6.45, 7) is 0. The summed E-state index contributed by atoms with van der Waals surface area (Å²) in [6.07, 6.45) is 0. The highest BCUT2D eigenvalue weighted by Gasteiger charge is 2.22. The zero-order valence-electron chi connectivity index (χ0n) is 16.5. The SMILES string of the molecule is COc1ccc(-n2c(SCC(N)=O)nc(-c3ccccc3)c2-c2ccccc2)cc1. The first kappa shape index (κ1) is 19.8. The third-order valence-electron chi connectivity index (χ3n) is 4.62. The molecule has 0 bridgehead atoms. The van der Waals surface area contributed by atoms with Crippen LogP contribution in [0.15, 0.2) is 90.1 Å².